The van der Waals surface area contributed by atoms with Gasteiger partial charge < -0.3 is 10.1 Å². The summed E-state index contributed by atoms with van der Waals surface area (Å²) in [6, 6.07) is 16.9. The van der Waals surface area contributed by atoms with Crippen molar-refractivity contribution in [2.75, 3.05) is 18.4 Å². The molecule has 1 saturated carbocycles. The molecule has 3 rings (SSSR count). The van der Waals surface area contributed by atoms with Crippen molar-refractivity contribution in [2.45, 2.75) is 44.8 Å². The molecule has 0 unspecified atom stereocenters. The number of alkyl halides is 2. The monoisotopic (exact) mass is 388 g/mol. The van der Waals surface area contributed by atoms with Crippen LogP contribution in [0.5, 0.6) is 5.75 Å². The molecule has 0 spiro atoms. The van der Waals surface area contributed by atoms with Gasteiger partial charge >= 0.3 is 6.61 Å². The van der Waals surface area contributed by atoms with E-state index in [0.717, 1.165) is 25.8 Å². The van der Waals surface area contributed by atoms with Crippen LogP contribution >= 0.6 is 0 Å². The number of benzene rings is 2. The number of anilines is 1. The Kier molecular flexibility index (Phi) is 7.37. The average molecular weight is 388 g/mol. The summed E-state index contributed by atoms with van der Waals surface area (Å²) in [5, 5.41) is 2.73. The molecular weight excluding hydrogens is 362 g/mol. The molecule has 1 amide bonds. The van der Waals surface area contributed by atoms with Crippen molar-refractivity contribution in [3.05, 3.63) is 60.2 Å². The van der Waals surface area contributed by atoms with Gasteiger partial charge in [0.05, 0.1) is 12.2 Å². The first-order valence-electron chi connectivity index (χ1n) is 9.73. The van der Waals surface area contributed by atoms with Crippen LogP contribution in [0.2, 0.25) is 0 Å². The van der Waals surface area contributed by atoms with Crippen LogP contribution in [-0.2, 0) is 11.2 Å². The summed E-state index contributed by atoms with van der Waals surface area (Å²) in [5.41, 5.74) is 1.50. The maximum Gasteiger partial charge on any atom is 0.387 e. The number of hydrogen-bond acceptors (Lipinski definition) is 3. The van der Waals surface area contributed by atoms with Crippen molar-refractivity contribution in [1.82, 2.24) is 4.90 Å². The Balaban J connectivity index is 1.62. The topological polar surface area (TPSA) is 41.6 Å². The molecule has 0 heterocycles. The molecule has 2 aromatic carbocycles. The van der Waals surface area contributed by atoms with Gasteiger partial charge in [0.15, 0.2) is 0 Å². The number of carbonyl (C=O) groups excluding carboxylic acids is 1. The van der Waals surface area contributed by atoms with Crippen LogP contribution in [-0.4, -0.2) is 36.5 Å². The van der Waals surface area contributed by atoms with Crippen LogP contribution in [0.4, 0.5) is 14.5 Å². The summed E-state index contributed by atoms with van der Waals surface area (Å²) in [6.45, 7) is -1.91. The molecule has 0 atom stereocenters. The highest BCUT2D eigenvalue weighted by molar-refractivity contribution is 5.93. The highest BCUT2D eigenvalue weighted by atomic mass is 19.3. The zero-order valence-electron chi connectivity index (χ0n) is 15.8. The molecule has 150 valence electrons. The molecule has 4 nitrogen and oxygen atoms in total. The lowest BCUT2D eigenvalue weighted by molar-refractivity contribution is -0.117. The Bertz CT molecular complexity index is 749. The number of nitrogens with one attached hydrogen (secondary N) is 1. The molecular formula is C22H26F2N2O2. The minimum Gasteiger partial charge on any atom is -0.433 e. The molecule has 28 heavy (non-hydrogen) atoms. The zero-order chi connectivity index (χ0) is 19.8. The number of halogens is 2. The SMILES string of the molecule is O=C(CN(CCc1ccccc1)C1CCCC1)Nc1ccccc1OC(F)F. The third-order valence-corrected chi connectivity index (χ3v) is 5.10. The average Bonchev–Trinajstić information content (AvgIpc) is 3.22. The van der Waals surface area contributed by atoms with Crippen LogP contribution < -0.4 is 10.1 Å². The minimum atomic E-state index is -2.93. The van der Waals surface area contributed by atoms with Gasteiger partial charge in [0.2, 0.25) is 5.91 Å². The maximum absolute atomic E-state index is 12.6. The van der Waals surface area contributed by atoms with E-state index in [4.69, 9.17) is 0 Å². The summed E-state index contributed by atoms with van der Waals surface area (Å²) in [4.78, 5) is 14.8. The Morgan fingerprint density at radius 3 is 2.46 bits per heavy atom. The molecule has 0 saturated heterocycles. The quantitative estimate of drug-likeness (QED) is 0.676. The van der Waals surface area contributed by atoms with Crippen molar-refractivity contribution >= 4 is 11.6 Å². The first kappa shape index (κ1) is 20.3. The van der Waals surface area contributed by atoms with E-state index in [1.54, 1.807) is 18.2 Å². The Hall–Kier alpha value is -2.47. The minimum absolute atomic E-state index is 0.0254. The highest BCUT2D eigenvalue weighted by Crippen LogP contribution is 2.26. The van der Waals surface area contributed by atoms with E-state index >= 15 is 0 Å². The molecule has 6 heteroatoms. The molecule has 0 radical (unpaired) electrons. The van der Waals surface area contributed by atoms with Gasteiger partial charge in [-0.15, -0.1) is 0 Å². The number of nitrogens with zero attached hydrogens (tertiary/aromatic N) is 1. The standard InChI is InChI=1S/C22H26F2N2O2/c23-22(24)28-20-13-7-6-12-19(20)25-21(27)16-26(18-10-4-5-11-18)15-14-17-8-2-1-3-9-17/h1-3,6-9,12-13,18,22H,4-5,10-11,14-16H2,(H,25,27). The molecule has 1 aliphatic carbocycles. The number of amides is 1. The van der Waals surface area contributed by atoms with Crippen LogP contribution in [0.1, 0.15) is 31.2 Å². The number of para-hydroxylation sites is 2. The molecule has 1 fully saturated rings. The Morgan fingerprint density at radius 2 is 1.75 bits per heavy atom. The second kappa shape index (κ2) is 10.2. The van der Waals surface area contributed by atoms with Gasteiger partial charge in [0.25, 0.3) is 0 Å². The first-order valence-corrected chi connectivity index (χ1v) is 9.73. The van der Waals surface area contributed by atoms with Gasteiger partial charge in [-0.25, -0.2) is 0 Å². The Morgan fingerprint density at radius 1 is 1.07 bits per heavy atom. The van der Waals surface area contributed by atoms with Crippen LogP contribution in [0.15, 0.2) is 54.6 Å². The molecule has 1 N–H and O–H groups in total. The van der Waals surface area contributed by atoms with Gasteiger partial charge in [0.1, 0.15) is 5.75 Å². The Labute approximate surface area is 164 Å². The zero-order valence-corrected chi connectivity index (χ0v) is 15.8. The molecule has 0 aliphatic heterocycles. The van der Waals surface area contributed by atoms with E-state index in [9.17, 15) is 13.6 Å². The fourth-order valence-corrected chi connectivity index (χ4v) is 3.72. The largest absolute Gasteiger partial charge is 0.433 e. The molecule has 1 aliphatic rings. The fraction of sp³-hybridized carbons (Fsp3) is 0.409. The molecule has 0 aromatic heterocycles. The normalized spacial score (nSPS) is 14.6. The summed E-state index contributed by atoms with van der Waals surface area (Å²) in [6.07, 6.45) is 5.41. The summed E-state index contributed by atoms with van der Waals surface area (Å²) in [5.74, 6) is -0.243. The third kappa shape index (κ3) is 6.02. The van der Waals surface area contributed by atoms with E-state index in [1.807, 2.05) is 18.2 Å². The maximum atomic E-state index is 12.6. The number of ether oxygens (including phenoxy) is 1. The van der Waals surface area contributed by atoms with E-state index < -0.39 is 6.61 Å². The van der Waals surface area contributed by atoms with Crippen molar-refractivity contribution in [2.24, 2.45) is 0 Å². The van der Waals surface area contributed by atoms with Crippen molar-refractivity contribution in [1.29, 1.82) is 0 Å². The second-order valence-electron chi connectivity index (χ2n) is 7.07. The third-order valence-electron chi connectivity index (χ3n) is 5.10. The predicted molar refractivity (Wildman–Crippen MR) is 106 cm³/mol. The number of rotatable bonds is 9. The molecule has 0 bridgehead atoms. The number of carbonyl (C=O) groups is 1. The first-order chi connectivity index (χ1) is 13.6. The lowest BCUT2D eigenvalue weighted by Crippen LogP contribution is -2.40. The van der Waals surface area contributed by atoms with Gasteiger partial charge in [-0.1, -0.05) is 55.3 Å². The van der Waals surface area contributed by atoms with Crippen LogP contribution in [0, 0.1) is 0 Å². The lowest BCUT2D eigenvalue weighted by Gasteiger charge is -2.28. The van der Waals surface area contributed by atoms with Crippen LogP contribution in [0.3, 0.4) is 0 Å². The van der Waals surface area contributed by atoms with E-state index in [2.05, 4.69) is 27.1 Å². The van der Waals surface area contributed by atoms with Crippen LogP contribution in [0.25, 0.3) is 0 Å². The number of hydrogen-bond donors (Lipinski definition) is 1. The van der Waals surface area contributed by atoms with Gasteiger partial charge in [0, 0.05) is 12.6 Å². The summed E-state index contributed by atoms with van der Waals surface area (Å²) in [7, 11) is 0. The van der Waals surface area contributed by atoms with E-state index in [-0.39, 0.29) is 23.9 Å². The predicted octanol–water partition coefficient (Wildman–Crippen LogP) is 4.71. The van der Waals surface area contributed by atoms with E-state index in [1.165, 1.54) is 24.5 Å². The van der Waals surface area contributed by atoms with Crippen molar-refractivity contribution in [3.8, 4) is 5.75 Å². The molecule has 2 aromatic rings. The second-order valence-corrected chi connectivity index (χ2v) is 7.07. The highest BCUT2D eigenvalue weighted by Gasteiger charge is 2.24. The van der Waals surface area contributed by atoms with Crippen molar-refractivity contribution in [3.63, 3.8) is 0 Å². The van der Waals surface area contributed by atoms with Gasteiger partial charge in [-0.2, -0.15) is 8.78 Å². The van der Waals surface area contributed by atoms with Gasteiger partial charge in [-0.05, 0) is 37.0 Å². The van der Waals surface area contributed by atoms with Crippen molar-refractivity contribution < 1.29 is 18.3 Å². The van der Waals surface area contributed by atoms with Gasteiger partial charge in [-0.3, -0.25) is 9.69 Å². The van der Waals surface area contributed by atoms with E-state index in [0.29, 0.717) is 6.04 Å². The lowest BCUT2D eigenvalue weighted by atomic mass is 10.1. The summed E-state index contributed by atoms with van der Waals surface area (Å²) < 4.78 is 29.6. The smallest absolute Gasteiger partial charge is 0.387 e. The summed E-state index contributed by atoms with van der Waals surface area (Å²) >= 11 is 0. The fourth-order valence-electron chi connectivity index (χ4n) is 3.72.